The number of H-pyrrole nitrogens is 1. The van der Waals surface area contributed by atoms with Crippen molar-refractivity contribution < 1.29 is 9.53 Å². The fourth-order valence-corrected chi connectivity index (χ4v) is 5.69. The number of hydrogen-bond donors (Lipinski definition) is 1. The van der Waals surface area contributed by atoms with Crippen LogP contribution in [0, 0.1) is 0 Å². The van der Waals surface area contributed by atoms with E-state index in [1.165, 1.54) is 0 Å². The van der Waals surface area contributed by atoms with E-state index in [4.69, 9.17) is 21.3 Å². The van der Waals surface area contributed by atoms with E-state index in [1.54, 1.807) is 30.8 Å². The Kier molecular flexibility index (Phi) is 8.93. The number of fused-ring (bicyclic) bond motifs is 1. The molecule has 1 atom stereocenters. The van der Waals surface area contributed by atoms with Gasteiger partial charge < -0.3 is 9.64 Å². The molecule has 0 bridgehead atoms. The number of carbonyl (C=O) groups excluding carboxylic acids is 1. The van der Waals surface area contributed by atoms with Gasteiger partial charge in [0.2, 0.25) is 5.91 Å². The average Bonchev–Trinajstić information content (AvgIpc) is 3.47. The molecule has 10 heteroatoms. The number of halogens is 1. The van der Waals surface area contributed by atoms with Crippen molar-refractivity contribution in [3.05, 3.63) is 112 Å². The normalized spacial score (nSPS) is 11.9. The number of nitrogens with one attached hydrogen (secondary N) is 1. The van der Waals surface area contributed by atoms with Crippen LogP contribution in [0.4, 0.5) is 0 Å². The van der Waals surface area contributed by atoms with E-state index in [0.29, 0.717) is 36.0 Å². The first kappa shape index (κ1) is 27.6. The number of tetrazole rings is 1. The number of hydrogen-bond acceptors (Lipinski definition) is 7. The highest BCUT2D eigenvalue weighted by molar-refractivity contribution is 7.99. The van der Waals surface area contributed by atoms with Crippen LogP contribution in [0.1, 0.15) is 39.9 Å². The molecule has 0 aliphatic heterocycles. The molecule has 1 unspecified atom stereocenters. The smallest absolute Gasteiger partial charge is 0.222 e. The van der Waals surface area contributed by atoms with Gasteiger partial charge in [-0.15, -0.1) is 22.0 Å². The monoisotopic (exact) mass is 572 g/mol. The molecule has 2 aromatic heterocycles. The topological polar surface area (TPSA) is 96.9 Å². The standard InChI is InChI=1S/C30H29ClN6O2S/c1-37(2)29(38)13-14-40-30(22-6-3-5-20(15-22)16-28-33-35-36-34-28)23-7-4-8-26(17-23)39-19-25-12-10-21-9-11-24(31)18-27(21)32-25/h3-12,15,17-18,30H,13-14,16,19H2,1-2H3,(H,33,34,35,36). The number of aromatic nitrogens is 5. The van der Waals surface area contributed by atoms with Crippen LogP contribution in [-0.2, 0) is 17.8 Å². The number of amides is 1. The summed E-state index contributed by atoms with van der Waals surface area (Å²) in [4.78, 5) is 18.6. The second-order valence-corrected chi connectivity index (χ2v) is 11.2. The third-order valence-corrected chi connectivity index (χ3v) is 7.92. The van der Waals surface area contributed by atoms with E-state index in [2.05, 4.69) is 51.0 Å². The summed E-state index contributed by atoms with van der Waals surface area (Å²) in [7, 11) is 3.57. The highest BCUT2D eigenvalue weighted by Crippen LogP contribution is 2.38. The minimum atomic E-state index is 0.00432. The van der Waals surface area contributed by atoms with Crippen molar-refractivity contribution in [2.24, 2.45) is 0 Å². The van der Waals surface area contributed by atoms with Gasteiger partial charge in [-0.2, -0.15) is 5.21 Å². The fourth-order valence-electron chi connectivity index (χ4n) is 4.32. The maximum Gasteiger partial charge on any atom is 0.222 e. The lowest BCUT2D eigenvalue weighted by atomic mass is 10.0. The Labute approximate surface area is 242 Å². The molecule has 0 saturated carbocycles. The SMILES string of the molecule is CN(C)C(=O)CCSC(c1cccc(Cc2nn[nH]n2)c1)c1cccc(OCc2ccc3ccc(Cl)cc3n2)c1. The zero-order valence-corrected chi connectivity index (χ0v) is 23.8. The first-order valence-electron chi connectivity index (χ1n) is 12.9. The summed E-state index contributed by atoms with van der Waals surface area (Å²) in [6.45, 7) is 0.335. The van der Waals surface area contributed by atoms with Gasteiger partial charge >= 0.3 is 0 Å². The summed E-state index contributed by atoms with van der Waals surface area (Å²) in [5.74, 6) is 2.19. The Morgan fingerprint density at radius 3 is 2.62 bits per heavy atom. The highest BCUT2D eigenvalue weighted by atomic mass is 35.5. The summed E-state index contributed by atoms with van der Waals surface area (Å²) in [6.07, 6.45) is 1.04. The van der Waals surface area contributed by atoms with Crippen molar-refractivity contribution in [2.45, 2.75) is 24.7 Å². The Morgan fingerprint density at radius 1 is 1.02 bits per heavy atom. The van der Waals surface area contributed by atoms with Gasteiger partial charge in [-0.3, -0.25) is 4.79 Å². The molecule has 40 heavy (non-hydrogen) atoms. The summed E-state index contributed by atoms with van der Waals surface area (Å²) in [6, 6.07) is 26.2. The van der Waals surface area contributed by atoms with Gasteiger partial charge in [0.1, 0.15) is 12.4 Å². The summed E-state index contributed by atoms with van der Waals surface area (Å²) >= 11 is 7.89. The molecule has 0 radical (unpaired) electrons. The second kappa shape index (κ2) is 12.9. The molecule has 5 rings (SSSR count). The van der Waals surface area contributed by atoms with Gasteiger partial charge in [-0.1, -0.05) is 65.3 Å². The van der Waals surface area contributed by atoms with E-state index < -0.39 is 0 Å². The fraction of sp³-hybridized carbons (Fsp3) is 0.233. The molecule has 5 aromatic rings. The van der Waals surface area contributed by atoms with Crippen molar-refractivity contribution in [1.29, 1.82) is 0 Å². The number of nitrogens with zero attached hydrogens (tertiary/aromatic N) is 5. The zero-order valence-electron chi connectivity index (χ0n) is 22.3. The average molecular weight is 573 g/mol. The number of benzene rings is 3. The van der Waals surface area contributed by atoms with Crippen molar-refractivity contribution in [2.75, 3.05) is 19.8 Å². The van der Waals surface area contributed by atoms with Crippen LogP contribution in [-0.4, -0.2) is 56.3 Å². The second-order valence-electron chi connectivity index (χ2n) is 9.54. The Hall–Kier alpha value is -3.95. The number of ether oxygens (including phenoxy) is 1. The number of aromatic amines is 1. The number of carbonyl (C=O) groups is 1. The number of pyridine rings is 1. The largest absolute Gasteiger partial charge is 0.487 e. The minimum absolute atomic E-state index is 0.00432. The van der Waals surface area contributed by atoms with Crippen LogP contribution in [0.15, 0.2) is 78.9 Å². The molecule has 2 heterocycles. The van der Waals surface area contributed by atoms with Crippen molar-refractivity contribution in [3.63, 3.8) is 0 Å². The number of thioether (sulfide) groups is 1. The van der Waals surface area contributed by atoms with Crippen LogP contribution in [0.25, 0.3) is 10.9 Å². The van der Waals surface area contributed by atoms with Crippen LogP contribution < -0.4 is 4.74 Å². The molecule has 204 valence electrons. The molecule has 3 aromatic carbocycles. The molecule has 0 fully saturated rings. The molecular weight excluding hydrogens is 544 g/mol. The van der Waals surface area contributed by atoms with Gasteiger partial charge in [-0.25, -0.2) is 4.98 Å². The van der Waals surface area contributed by atoms with Crippen molar-refractivity contribution >= 4 is 40.2 Å². The third-order valence-electron chi connectivity index (χ3n) is 6.36. The summed E-state index contributed by atoms with van der Waals surface area (Å²) < 4.78 is 6.17. The molecule has 0 saturated heterocycles. The molecule has 0 aliphatic rings. The van der Waals surface area contributed by atoms with E-state index in [1.807, 2.05) is 48.5 Å². The lowest BCUT2D eigenvalue weighted by molar-refractivity contribution is -0.128. The van der Waals surface area contributed by atoms with Gasteiger partial charge in [-0.05, 0) is 47.0 Å². The molecule has 0 aliphatic carbocycles. The Balaban J connectivity index is 1.36. The van der Waals surface area contributed by atoms with Crippen LogP contribution in [0.3, 0.4) is 0 Å². The van der Waals surface area contributed by atoms with Crippen molar-refractivity contribution in [1.82, 2.24) is 30.5 Å². The van der Waals surface area contributed by atoms with Gasteiger partial charge in [0.15, 0.2) is 5.82 Å². The lowest BCUT2D eigenvalue weighted by Crippen LogP contribution is -2.22. The third kappa shape index (κ3) is 7.16. The minimum Gasteiger partial charge on any atom is -0.487 e. The van der Waals surface area contributed by atoms with Crippen LogP contribution in [0.5, 0.6) is 5.75 Å². The Morgan fingerprint density at radius 2 is 1.82 bits per heavy atom. The van der Waals surface area contributed by atoms with E-state index in [-0.39, 0.29) is 11.2 Å². The maximum absolute atomic E-state index is 12.3. The summed E-state index contributed by atoms with van der Waals surface area (Å²) in [5.41, 5.74) is 4.97. The lowest BCUT2D eigenvalue weighted by Gasteiger charge is -2.20. The van der Waals surface area contributed by atoms with E-state index in [0.717, 1.165) is 39.0 Å². The van der Waals surface area contributed by atoms with E-state index in [9.17, 15) is 4.79 Å². The van der Waals surface area contributed by atoms with Crippen LogP contribution >= 0.6 is 23.4 Å². The van der Waals surface area contributed by atoms with Crippen molar-refractivity contribution in [3.8, 4) is 5.75 Å². The molecule has 1 N–H and O–H groups in total. The Bertz CT molecular complexity index is 1590. The van der Waals surface area contributed by atoms with Gasteiger partial charge in [0.25, 0.3) is 0 Å². The predicted molar refractivity (Wildman–Crippen MR) is 159 cm³/mol. The predicted octanol–water partition coefficient (Wildman–Crippen LogP) is 5.87. The number of rotatable bonds is 11. The first-order valence-corrected chi connectivity index (χ1v) is 14.3. The summed E-state index contributed by atoms with van der Waals surface area (Å²) in [5, 5.41) is 16.0. The van der Waals surface area contributed by atoms with Crippen LogP contribution in [0.2, 0.25) is 5.02 Å². The molecule has 1 amide bonds. The van der Waals surface area contributed by atoms with E-state index >= 15 is 0 Å². The van der Waals surface area contributed by atoms with Gasteiger partial charge in [0, 0.05) is 43.1 Å². The molecule has 0 spiro atoms. The maximum atomic E-state index is 12.3. The zero-order chi connectivity index (χ0) is 27.9. The highest BCUT2D eigenvalue weighted by Gasteiger charge is 2.18. The molecule has 8 nitrogen and oxygen atoms in total. The quantitative estimate of drug-likeness (QED) is 0.211. The molecular formula is C30H29ClN6O2S. The van der Waals surface area contributed by atoms with Gasteiger partial charge in [0.05, 0.1) is 16.5 Å². The first-order chi connectivity index (χ1) is 19.4.